The maximum Gasteiger partial charge on any atom is 0.153 e. The maximum absolute atomic E-state index is 6.02. The molecule has 0 radical (unpaired) electrons. The van der Waals surface area contributed by atoms with Crippen LogP contribution in [-0.2, 0) is 6.54 Å². The molecule has 1 fully saturated rings. The summed E-state index contributed by atoms with van der Waals surface area (Å²) in [5.74, 6) is 0.568. The van der Waals surface area contributed by atoms with Gasteiger partial charge in [-0.15, -0.1) is 0 Å². The van der Waals surface area contributed by atoms with Gasteiger partial charge in [-0.2, -0.15) is 5.10 Å². The molecule has 2 heterocycles. The summed E-state index contributed by atoms with van der Waals surface area (Å²) in [6.45, 7) is 5.61. The Labute approximate surface area is 130 Å². The van der Waals surface area contributed by atoms with E-state index in [4.69, 9.17) is 17.3 Å². The number of likely N-dealkylation sites (tertiary alicyclic amines) is 1. The van der Waals surface area contributed by atoms with Crippen molar-refractivity contribution in [3.05, 3.63) is 23.2 Å². The van der Waals surface area contributed by atoms with Crippen LogP contribution in [0.15, 0.2) is 18.2 Å². The fourth-order valence-electron chi connectivity index (χ4n) is 3.26. The monoisotopic (exact) mass is 306 g/mol. The van der Waals surface area contributed by atoms with Crippen molar-refractivity contribution in [2.45, 2.75) is 45.2 Å². The molecule has 114 valence electrons. The number of aryl methyl sites for hydroxylation is 1. The van der Waals surface area contributed by atoms with E-state index in [1.54, 1.807) is 0 Å². The van der Waals surface area contributed by atoms with Crippen LogP contribution in [0.5, 0.6) is 0 Å². The number of fused-ring (bicyclic) bond motifs is 1. The molecule has 1 atom stereocenters. The predicted molar refractivity (Wildman–Crippen MR) is 88.7 cm³/mol. The standard InChI is InChI=1S/C16H23ClN4/c1-12-5-2-3-8-20(12)9-4-10-21-15-7-6-13(17)11-14(15)16(18)19-21/h6-7,11-12H,2-5,8-10H2,1H3,(H2,18,19). The summed E-state index contributed by atoms with van der Waals surface area (Å²) in [6.07, 6.45) is 5.14. The van der Waals surface area contributed by atoms with Crippen LogP contribution >= 0.6 is 11.6 Å². The Morgan fingerprint density at radius 2 is 2.19 bits per heavy atom. The summed E-state index contributed by atoms with van der Waals surface area (Å²) < 4.78 is 2.01. The second kappa shape index (κ2) is 6.24. The second-order valence-corrected chi connectivity index (χ2v) is 6.44. The highest BCUT2D eigenvalue weighted by molar-refractivity contribution is 6.31. The number of benzene rings is 1. The van der Waals surface area contributed by atoms with Gasteiger partial charge in [-0.1, -0.05) is 18.0 Å². The van der Waals surface area contributed by atoms with Gasteiger partial charge >= 0.3 is 0 Å². The summed E-state index contributed by atoms with van der Waals surface area (Å²) >= 11 is 6.02. The third-order valence-corrected chi connectivity index (χ3v) is 4.73. The molecule has 4 nitrogen and oxygen atoms in total. The van der Waals surface area contributed by atoms with Crippen LogP contribution in [0.25, 0.3) is 10.9 Å². The van der Waals surface area contributed by atoms with E-state index in [1.165, 1.54) is 25.8 Å². The molecular weight excluding hydrogens is 284 g/mol. The number of hydrogen-bond donors (Lipinski definition) is 1. The molecule has 0 spiro atoms. The summed E-state index contributed by atoms with van der Waals surface area (Å²) in [4.78, 5) is 2.59. The molecule has 0 bridgehead atoms. The van der Waals surface area contributed by atoms with Crippen LogP contribution in [0, 0.1) is 0 Å². The molecule has 2 aromatic rings. The maximum atomic E-state index is 6.02. The normalized spacial score (nSPS) is 20.2. The number of piperidine rings is 1. The molecule has 1 aliphatic heterocycles. The SMILES string of the molecule is CC1CCCCN1CCCn1nc(N)c2cc(Cl)ccc21. The number of anilines is 1. The molecule has 5 heteroatoms. The van der Waals surface area contributed by atoms with E-state index >= 15 is 0 Å². The molecule has 1 aliphatic rings. The quantitative estimate of drug-likeness (QED) is 0.940. The summed E-state index contributed by atoms with van der Waals surface area (Å²) in [5.41, 5.74) is 7.05. The van der Waals surface area contributed by atoms with Crippen molar-refractivity contribution in [2.75, 3.05) is 18.8 Å². The van der Waals surface area contributed by atoms with Crippen molar-refractivity contribution in [3.63, 3.8) is 0 Å². The van der Waals surface area contributed by atoms with Gasteiger partial charge in [-0.25, -0.2) is 0 Å². The van der Waals surface area contributed by atoms with Crippen LogP contribution in [0.2, 0.25) is 5.02 Å². The third kappa shape index (κ3) is 3.16. The third-order valence-electron chi connectivity index (χ3n) is 4.50. The van der Waals surface area contributed by atoms with Crippen molar-refractivity contribution in [3.8, 4) is 0 Å². The lowest BCUT2D eigenvalue weighted by molar-refractivity contribution is 0.156. The second-order valence-electron chi connectivity index (χ2n) is 6.00. The first-order valence-corrected chi connectivity index (χ1v) is 8.18. The van der Waals surface area contributed by atoms with Crippen LogP contribution in [0.4, 0.5) is 5.82 Å². The first kappa shape index (κ1) is 14.7. The lowest BCUT2D eigenvalue weighted by Gasteiger charge is -2.33. The average Bonchev–Trinajstić information content (AvgIpc) is 2.77. The molecule has 2 N–H and O–H groups in total. The summed E-state index contributed by atoms with van der Waals surface area (Å²) in [7, 11) is 0. The fraction of sp³-hybridized carbons (Fsp3) is 0.562. The van der Waals surface area contributed by atoms with Crippen LogP contribution in [0.3, 0.4) is 0 Å². The number of nitrogens with two attached hydrogens (primary N) is 1. The highest BCUT2D eigenvalue weighted by Crippen LogP contribution is 2.24. The minimum absolute atomic E-state index is 0.568. The number of nitrogen functional groups attached to an aromatic ring is 1. The lowest BCUT2D eigenvalue weighted by atomic mass is 10.0. The molecule has 1 aromatic heterocycles. The Kier molecular flexibility index (Phi) is 4.36. The highest BCUT2D eigenvalue weighted by atomic mass is 35.5. The van der Waals surface area contributed by atoms with Crippen molar-refractivity contribution in [1.82, 2.24) is 14.7 Å². The average molecular weight is 307 g/mol. The Morgan fingerprint density at radius 1 is 1.33 bits per heavy atom. The van der Waals surface area contributed by atoms with Gasteiger partial charge in [-0.05, 0) is 50.9 Å². The van der Waals surface area contributed by atoms with Crippen LogP contribution in [-0.4, -0.2) is 33.8 Å². The van der Waals surface area contributed by atoms with Gasteiger partial charge in [0.05, 0.1) is 5.52 Å². The van der Waals surface area contributed by atoms with E-state index in [0.29, 0.717) is 10.8 Å². The number of aromatic nitrogens is 2. The lowest BCUT2D eigenvalue weighted by Crippen LogP contribution is -2.38. The Hall–Kier alpha value is -1.26. The fourth-order valence-corrected chi connectivity index (χ4v) is 3.43. The van der Waals surface area contributed by atoms with Crippen molar-refractivity contribution >= 4 is 28.3 Å². The van der Waals surface area contributed by atoms with E-state index < -0.39 is 0 Å². The van der Waals surface area contributed by atoms with Gasteiger partial charge in [0.1, 0.15) is 0 Å². The molecule has 1 aromatic carbocycles. The number of halogens is 1. The van der Waals surface area contributed by atoms with Gasteiger partial charge in [0.25, 0.3) is 0 Å². The minimum Gasteiger partial charge on any atom is -0.382 e. The molecule has 21 heavy (non-hydrogen) atoms. The van der Waals surface area contributed by atoms with Crippen LogP contribution in [0.1, 0.15) is 32.6 Å². The zero-order chi connectivity index (χ0) is 14.8. The van der Waals surface area contributed by atoms with E-state index in [1.807, 2.05) is 22.9 Å². The number of rotatable bonds is 4. The molecule has 0 saturated carbocycles. The summed E-state index contributed by atoms with van der Waals surface area (Å²) in [5, 5.41) is 6.11. The topological polar surface area (TPSA) is 47.1 Å². The number of hydrogen-bond acceptors (Lipinski definition) is 3. The van der Waals surface area contributed by atoms with Crippen molar-refractivity contribution in [2.24, 2.45) is 0 Å². The molecule has 3 rings (SSSR count). The zero-order valence-electron chi connectivity index (χ0n) is 12.6. The molecule has 1 unspecified atom stereocenters. The highest BCUT2D eigenvalue weighted by Gasteiger charge is 2.17. The van der Waals surface area contributed by atoms with Gasteiger partial charge in [0, 0.05) is 29.5 Å². The van der Waals surface area contributed by atoms with Gasteiger partial charge < -0.3 is 10.6 Å². The first-order chi connectivity index (χ1) is 10.1. The van der Waals surface area contributed by atoms with Crippen LogP contribution < -0.4 is 5.73 Å². The van der Waals surface area contributed by atoms with E-state index in [2.05, 4.69) is 16.9 Å². The predicted octanol–water partition coefficient (Wildman–Crippen LogP) is 3.54. The van der Waals surface area contributed by atoms with Gasteiger partial charge in [-0.3, -0.25) is 4.68 Å². The number of nitrogens with zero attached hydrogens (tertiary/aromatic N) is 3. The minimum atomic E-state index is 0.568. The van der Waals surface area contributed by atoms with Crippen molar-refractivity contribution < 1.29 is 0 Å². The largest absolute Gasteiger partial charge is 0.382 e. The molecular formula is C16H23ClN4. The first-order valence-electron chi connectivity index (χ1n) is 7.81. The van der Waals surface area contributed by atoms with E-state index in [-0.39, 0.29) is 0 Å². The Balaban J connectivity index is 1.65. The Morgan fingerprint density at radius 3 is 3.00 bits per heavy atom. The van der Waals surface area contributed by atoms with Crippen molar-refractivity contribution in [1.29, 1.82) is 0 Å². The van der Waals surface area contributed by atoms with Gasteiger partial charge in [0.15, 0.2) is 5.82 Å². The van der Waals surface area contributed by atoms with E-state index in [0.717, 1.165) is 36.5 Å². The molecule has 1 saturated heterocycles. The molecule has 0 aliphatic carbocycles. The van der Waals surface area contributed by atoms with Gasteiger partial charge in [0.2, 0.25) is 0 Å². The molecule has 0 amide bonds. The summed E-state index contributed by atoms with van der Waals surface area (Å²) in [6, 6.07) is 6.51. The zero-order valence-corrected chi connectivity index (χ0v) is 13.3. The smallest absolute Gasteiger partial charge is 0.153 e. The Bertz CT molecular complexity index is 622. The van der Waals surface area contributed by atoms with E-state index in [9.17, 15) is 0 Å².